The minimum absolute atomic E-state index is 0.203. The number of aromatic hydroxyl groups is 1. The maximum absolute atomic E-state index is 11.7. The molecule has 7 nitrogen and oxygen atoms in total. The summed E-state index contributed by atoms with van der Waals surface area (Å²) in [6, 6.07) is 3.84. The molecule has 0 saturated carbocycles. The second-order valence-electron chi connectivity index (χ2n) is 6.46. The summed E-state index contributed by atoms with van der Waals surface area (Å²) in [7, 11) is -3.67. The second kappa shape index (κ2) is 8.70. The SMILES string of the molecule is CC(C)c1cc(/C=C2\SC(N)=NC2=O)cc(C(C)C)c1O.CS(=O)(=O)O. The molecule has 4 N–H and O–H groups in total. The lowest BCUT2D eigenvalue weighted by atomic mass is 9.91. The number of amides is 1. The molecule has 0 unspecified atom stereocenters. The minimum atomic E-state index is -3.67. The molecule has 0 aromatic heterocycles. The largest absolute Gasteiger partial charge is 0.507 e. The van der Waals surface area contributed by atoms with Crippen LogP contribution in [0.25, 0.3) is 6.08 Å². The zero-order chi connectivity index (χ0) is 20.2. The van der Waals surface area contributed by atoms with Crippen LogP contribution in [0.3, 0.4) is 0 Å². The molecule has 0 bridgehead atoms. The first kappa shape index (κ1) is 22.2. The molecule has 1 aliphatic rings. The van der Waals surface area contributed by atoms with Gasteiger partial charge in [0.15, 0.2) is 5.17 Å². The second-order valence-corrected chi connectivity index (χ2v) is 8.98. The Labute approximate surface area is 158 Å². The van der Waals surface area contributed by atoms with Crippen molar-refractivity contribution in [3.05, 3.63) is 33.7 Å². The number of phenolic OH excluding ortho intramolecular Hbond substituents is 1. The highest BCUT2D eigenvalue weighted by Gasteiger charge is 2.20. The molecule has 0 saturated heterocycles. The van der Waals surface area contributed by atoms with Crippen LogP contribution in [-0.2, 0) is 14.9 Å². The first-order valence-electron chi connectivity index (χ1n) is 7.86. The number of hydrogen-bond acceptors (Lipinski definition) is 6. The van der Waals surface area contributed by atoms with Crippen LogP contribution in [0.15, 0.2) is 22.0 Å². The first-order chi connectivity index (χ1) is 11.8. The van der Waals surface area contributed by atoms with E-state index in [1.54, 1.807) is 6.08 Å². The van der Waals surface area contributed by atoms with Crippen molar-refractivity contribution in [3.63, 3.8) is 0 Å². The molecule has 26 heavy (non-hydrogen) atoms. The van der Waals surface area contributed by atoms with Crippen LogP contribution in [0.5, 0.6) is 5.75 Å². The van der Waals surface area contributed by atoms with Gasteiger partial charge in [0.05, 0.1) is 11.2 Å². The summed E-state index contributed by atoms with van der Waals surface area (Å²) < 4.78 is 25.9. The van der Waals surface area contributed by atoms with Crippen LogP contribution in [0.4, 0.5) is 0 Å². The van der Waals surface area contributed by atoms with Crippen molar-refractivity contribution < 1.29 is 22.9 Å². The minimum Gasteiger partial charge on any atom is -0.507 e. The maximum atomic E-state index is 11.7. The van der Waals surface area contributed by atoms with Crippen molar-refractivity contribution in [3.8, 4) is 5.75 Å². The van der Waals surface area contributed by atoms with Gasteiger partial charge in [0.25, 0.3) is 16.0 Å². The summed E-state index contributed by atoms with van der Waals surface area (Å²) in [5, 5.41) is 10.6. The number of hydrogen-bond donors (Lipinski definition) is 3. The predicted octanol–water partition coefficient (Wildman–Crippen LogP) is 3.07. The average molecular weight is 401 g/mol. The molecule has 1 amide bonds. The Morgan fingerprint density at radius 3 is 1.88 bits per heavy atom. The summed E-state index contributed by atoms with van der Waals surface area (Å²) in [6.45, 7) is 8.14. The number of rotatable bonds is 3. The van der Waals surface area contributed by atoms with Gasteiger partial charge in [-0.25, -0.2) is 0 Å². The molecule has 0 aliphatic carbocycles. The molecule has 0 spiro atoms. The number of nitrogens with zero attached hydrogens (tertiary/aromatic N) is 1. The van der Waals surface area contributed by atoms with Gasteiger partial charge >= 0.3 is 0 Å². The van der Waals surface area contributed by atoms with Gasteiger partial charge < -0.3 is 10.8 Å². The Morgan fingerprint density at radius 2 is 1.58 bits per heavy atom. The molecule has 9 heteroatoms. The molecule has 0 atom stereocenters. The standard InChI is InChI=1S/C16H20N2O2S.CH4O3S/c1-8(2)11-5-10(6-12(9(3)4)14(11)19)7-13-15(20)18-16(17)21-13;1-5(2,3)4/h5-9,19H,1-4H3,(H2,17,18,20);1H3,(H,2,3,4)/b13-7-;. The van der Waals surface area contributed by atoms with Gasteiger partial charge in [0, 0.05) is 0 Å². The van der Waals surface area contributed by atoms with Gasteiger partial charge in [0.1, 0.15) is 5.75 Å². The van der Waals surface area contributed by atoms with Gasteiger partial charge in [0.2, 0.25) is 0 Å². The Bertz CT molecular complexity index is 819. The van der Waals surface area contributed by atoms with Crippen molar-refractivity contribution >= 4 is 39.0 Å². The molecule has 144 valence electrons. The number of aliphatic imine (C=N–C) groups is 1. The number of benzene rings is 1. The average Bonchev–Trinajstić information content (AvgIpc) is 2.76. The number of thioether (sulfide) groups is 1. The van der Waals surface area contributed by atoms with Crippen LogP contribution in [0.1, 0.15) is 56.2 Å². The van der Waals surface area contributed by atoms with Gasteiger partial charge in [-0.2, -0.15) is 13.4 Å². The number of carbonyl (C=O) groups excluding carboxylic acids is 1. The lowest BCUT2D eigenvalue weighted by molar-refractivity contribution is -0.113. The van der Waals surface area contributed by atoms with Crippen LogP contribution >= 0.6 is 11.8 Å². The molecule has 1 aromatic carbocycles. The van der Waals surface area contributed by atoms with Crippen molar-refractivity contribution in [2.24, 2.45) is 10.7 Å². The molecule has 2 rings (SSSR count). The Hall–Kier alpha value is -1.84. The summed E-state index contributed by atoms with van der Waals surface area (Å²) in [4.78, 5) is 15.9. The van der Waals surface area contributed by atoms with Crippen LogP contribution in [0, 0.1) is 0 Å². The van der Waals surface area contributed by atoms with E-state index in [1.165, 1.54) is 11.8 Å². The summed E-state index contributed by atoms with van der Waals surface area (Å²) in [5.41, 5.74) is 8.22. The van der Waals surface area contributed by atoms with E-state index < -0.39 is 10.1 Å². The van der Waals surface area contributed by atoms with Gasteiger partial charge in [-0.05, 0) is 58.5 Å². The lowest BCUT2D eigenvalue weighted by Crippen LogP contribution is -2.01. The van der Waals surface area contributed by atoms with E-state index in [1.807, 2.05) is 39.8 Å². The van der Waals surface area contributed by atoms with Crippen molar-refractivity contribution in [1.29, 1.82) is 0 Å². The van der Waals surface area contributed by atoms with E-state index >= 15 is 0 Å². The van der Waals surface area contributed by atoms with Gasteiger partial charge in [-0.1, -0.05) is 27.7 Å². The van der Waals surface area contributed by atoms with E-state index in [9.17, 15) is 18.3 Å². The van der Waals surface area contributed by atoms with Crippen LogP contribution in [-0.4, -0.2) is 35.4 Å². The molecular weight excluding hydrogens is 376 g/mol. The number of phenols is 1. The normalized spacial score (nSPS) is 16.1. The number of nitrogens with two attached hydrogens (primary N) is 1. The highest BCUT2D eigenvalue weighted by molar-refractivity contribution is 8.18. The summed E-state index contributed by atoms with van der Waals surface area (Å²) in [5.74, 6) is 0.453. The predicted molar refractivity (Wildman–Crippen MR) is 106 cm³/mol. The van der Waals surface area contributed by atoms with E-state index in [4.69, 9.17) is 10.3 Å². The molecule has 0 radical (unpaired) electrons. The smallest absolute Gasteiger partial charge is 0.286 e. The third kappa shape index (κ3) is 6.81. The lowest BCUT2D eigenvalue weighted by Gasteiger charge is -2.16. The monoisotopic (exact) mass is 400 g/mol. The first-order valence-corrected chi connectivity index (χ1v) is 10.5. The van der Waals surface area contributed by atoms with E-state index in [-0.39, 0.29) is 22.9 Å². The Balaban J connectivity index is 0.000000597. The third-order valence-corrected chi connectivity index (χ3v) is 4.18. The van der Waals surface area contributed by atoms with E-state index in [0.29, 0.717) is 16.9 Å². The van der Waals surface area contributed by atoms with Crippen LogP contribution < -0.4 is 5.73 Å². The van der Waals surface area contributed by atoms with Gasteiger partial charge in [-0.3, -0.25) is 9.35 Å². The zero-order valence-electron chi connectivity index (χ0n) is 15.3. The topological polar surface area (TPSA) is 130 Å². The van der Waals surface area contributed by atoms with Crippen molar-refractivity contribution in [1.82, 2.24) is 0 Å². The molecule has 1 aliphatic heterocycles. The summed E-state index contributed by atoms with van der Waals surface area (Å²) >= 11 is 1.18. The highest BCUT2D eigenvalue weighted by atomic mass is 32.2. The fourth-order valence-electron chi connectivity index (χ4n) is 2.24. The maximum Gasteiger partial charge on any atom is 0.286 e. The number of amidine groups is 1. The quantitative estimate of drug-likeness (QED) is 0.525. The molecular formula is C17H24N2O5S2. The van der Waals surface area contributed by atoms with E-state index in [0.717, 1.165) is 16.7 Å². The third-order valence-electron chi connectivity index (χ3n) is 3.37. The highest BCUT2D eigenvalue weighted by Crippen LogP contribution is 2.36. The summed E-state index contributed by atoms with van der Waals surface area (Å²) in [6.07, 6.45) is 2.50. The van der Waals surface area contributed by atoms with E-state index in [2.05, 4.69) is 4.99 Å². The van der Waals surface area contributed by atoms with Crippen LogP contribution in [0.2, 0.25) is 0 Å². The number of carbonyl (C=O) groups is 1. The van der Waals surface area contributed by atoms with Crippen molar-refractivity contribution in [2.45, 2.75) is 39.5 Å². The zero-order valence-corrected chi connectivity index (χ0v) is 17.0. The molecule has 1 aromatic rings. The molecule has 0 fully saturated rings. The Kier molecular flexibility index (Phi) is 7.43. The van der Waals surface area contributed by atoms with Gasteiger partial charge in [-0.15, -0.1) is 0 Å². The van der Waals surface area contributed by atoms with Crippen molar-refractivity contribution in [2.75, 3.05) is 6.26 Å². The fourth-order valence-corrected chi connectivity index (χ4v) is 2.93. The Morgan fingerprint density at radius 1 is 1.15 bits per heavy atom. The molecule has 1 heterocycles. The fraction of sp³-hybridized carbons (Fsp3) is 0.412.